The minimum atomic E-state index is -3.78. The van der Waals surface area contributed by atoms with Crippen LogP contribution in [-0.2, 0) is 14.8 Å². The molecule has 0 radical (unpaired) electrons. The Morgan fingerprint density at radius 1 is 1.08 bits per heavy atom. The lowest BCUT2D eigenvalue weighted by Crippen LogP contribution is -2.24. The summed E-state index contributed by atoms with van der Waals surface area (Å²) in [5.41, 5.74) is 1.03. The Morgan fingerprint density at radius 3 is 2.25 bits per heavy atom. The molecule has 2 aromatic carbocycles. The van der Waals surface area contributed by atoms with Crippen LogP contribution in [0.4, 0.5) is 5.69 Å². The Balaban J connectivity index is 2.14. The van der Waals surface area contributed by atoms with Gasteiger partial charge >= 0.3 is 0 Å². The van der Waals surface area contributed by atoms with Crippen LogP contribution in [0.5, 0.6) is 11.5 Å². The van der Waals surface area contributed by atoms with Crippen molar-refractivity contribution in [2.24, 2.45) is 5.14 Å². The highest BCUT2D eigenvalue weighted by Crippen LogP contribution is 2.25. The van der Waals surface area contributed by atoms with Crippen molar-refractivity contribution in [3.05, 3.63) is 54.1 Å². The Labute approximate surface area is 139 Å². The lowest BCUT2D eigenvalue weighted by molar-refractivity contribution is -0.113. The number of phenolic OH excluding ortho intramolecular Hbond substituents is 2. The molecule has 24 heavy (non-hydrogen) atoms. The van der Waals surface area contributed by atoms with Gasteiger partial charge in [0.2, 0.25) is 10.0 Å². The fourth-order valence-electron chi connectivity index (χ4n) is 1.91. The second-order valence-electron chi connectivity index (χ2n) is 5.02. The lowest BCUT2D eigenvalue weighted by Gasteiger charge is -2.15. The molecule has 0 aliphatic rings. The van der Waals surface area contributed by atoms with Crippen molar-refractivity contribution < 1.29 is 23.4 Å². The van der Waals surface area contributed by atoms with Gasteiger partial charge in [-0.2, -0.15) is 0 Å². The Bertz CT molecular complexity index is 889. The summed E-state index contributed by atoms with van der Waals surface area (Å²) in [5.74, 6) is -0.881. The number of benzene rings is 2. The van der Waals surface area contributed by atoms with Crippen LogP contribution in [0.3, 0.4) is 0 Å². The number of carbonyl (C=O) groups is 1. The maximum Gasteiger partial charge on any atom is 0.250 e. The maximum absolute atomic E-state index is 12.1. The number of sulfonamides is 1. The van der Waals surface area contributed by atoms with Gasteiger partial charge in [0.05, 0.1) is 4.90 Å². The lowest BCUT2D eigenvalue weighted by atomic mass is 10.2. The highest BCUT2D eigenvalue weighted by atomic mass is 32.2. The average molecular weight is 348 g/mol. The Hall–Kier alpha value is -2.84. The maximum atomic E-state index is 12.1. The number of rotatable bonds is 4. The number of likely N-dealkylation sites (N-methyl/N-ethyl adjacent to an activating group) is 1. The molecule has 8 heteroatoms. The first-order valence-electron chi connectivity index (χ1n) is 6.79. The third-order valence-corrected chi connectivity index (χ3v) is 4.23. The molecule has 126 valence electrons. The van der Waals surface area contributed by atoms with Crippen LogP contribution in [0.25, 0.3) is 6.08 Å². The molecule has 0 unspecified atom stereocenters. The zero-order valence-electron chi connectivity index (χ0n) is 12.7. The van der Waals surface area contributed by atoms with Gasteiger partial charge in [0.25, 0.3) is 5.91 Å². The monoisotopic (exact) mass is 348 g/mol. The number of hydrogen-bond donors (Lipinski definition) is 3. The minimum Gasteiger partial charge on any atom is -0.504 e. The topological polar surface area (TPSA) is 121 Å². The van der Waals surface area contributed by atoms with Gasteiger partial charge in [0.15, 0.2) is 11.5 Å². The summed E-state index contributed by atoms with van der Waals surface area (Å²) >= 11 is 0. The third-order valence-electron chi connectivity index (χ3n) is 3.30. The van der Waals surface area contributed by atoms with E-state index in [2.05, 4.69) is 0 Å². The van der Waals surface area contributed by atoms with Gasteiger partial charge in [-0.25, -0.2) is 13.6 Å². The van der Waals surface area contributed by atoms with E-state index in [1.165, 1.54) is 60.5 Å². The number of hydrogen-bond acceptors (Lipinski definition) is 5. The molecule has 0 spiro atoms. The summed E-state index contributed by atoms with van der Waals surface area (Å²) in [6, 6.07) is 9.75. The molecule has 0 aromatic heterocycles. The van der Waals surface area contributed by atoms with Gasteiger partial charge in [-0.05, 0) is 48.0 Å². The molecule has 0 saturated carbocycles. The second-order valence-corrected chi connectivity index (χ2v) is 6.58. The highest BCUT2D eigenvalue weighted by Gasteiger charge is 2.11. The fraction of sp³-hybridized carbons (Fsp3) is 0.0625. The fourth-order valence-corrected chi connectivity index (χ4v) is 2.43. The molecule has 0 aliphatic carbocycles. The predicted octanol–water partition coefficient (Wildman–Crippen LogP) is 1.42. The zero-order chi connectivity index (χ0) is 17.9. The van der Waals surface area contributed by atoms with Crippen molar-refractivity contribution in [2.45, 2.75) is 4.90 Å². The van der Waals surface area contributed by atoms with Crippen molar-refractivity contribution in [1.29, 1.82) is 0 Å². The van der Waals surface area contributed by atoms with E-state index in [0.717, 1.165) is 0 Å². The van der Waals surface area contributed by atoms with E-state index in [1.807, 2.05) is 0 Å². The highest BCUT2D eigenvalue weighted by molar-refractivity contribution is 7.89. The first-order chi connectivity index (χ1) is 11.2. The molecule has 1 amide bonds. The largest absolute Gasteiger partial charge is 0.504 e. The van der Waals surface area contributed by atoms with Crippen molar-refractivity contribution in [2.75, 3.05) is 11.9 Å². The van der Waals surface area contributed by atoms with E-state index >= 15 is 0 Å². The van der Waals surface area contributed by atoms with Crippen molar-refractivity contribution >= 4 is 27.7 Å². The Kier molecular flexibility index (Phi) is 4.91. The SMILES string of the molecule is CN(C(=O)/C=C/c1ccc(O)c(O)c1)c1ccc(S(N)(=O)=O)cc1. The molecule has 0 atom stereocenters. The third kappa shape index (κ3) is 4.12. The molecule has 2 aromatic rings. The Morgan fingerprint density at radius 2 is 1.71 bits per heavy atom. The molecule has 7 nitrogen and oxygen atoms in total. The second kappa shape index (κ2) is 6.73. The van der Waals surface area contributed by atoms with E-state index in [4.69, 9.17) is 5.14 Å². The van der Waals surface area contributed by atoms with Crippen LogP contribution in [0.15, 0.2) is 53.4 Å². The van der Waals surface area contributed by atoms with E-state index in [1.54, 1.807) is 6.07 Å². The number of primary sulfonamides is 1. The molecular weight excluding hydrogens is 332 g/mol. The molecule has 0 saturated heterocycles. The standard InChI is InChI=1S/C16H16N2O5S/c1-18(12-4-6-13(7-5-12)24(17,22)23)16(21)9-3-11-2-8-14(19)15(20)10-11/h2-10,19-20H,1H3,(H2,17,22,23)/b9-3+. The number of nitrogens with two attached hydrogens (primary N) is 1. The summed E-state index contributed by atoms with van der Waals surface area (Å²) in [6.45, 7) is 0. The van der Waals surface area contributed by atoms with E-state index in [-0.39, 0.29) is 22.3 Å². The van der Waals surface area contributed by atoms with Gasteiger partial charge in [-0.15, -0.1) is 0 Å². The summed E-state index contributed by atoms with van der Waals surface area (Å²) in [6.07, 6.45) is 2.77. The zero-order valence-corrected chi connectivity index (χ0v) is 13.6. The van der Waals surface area contributed by atoms with Crippen LogP contribution >= 0.6 is 0 Å². The number of nitrogens with zero attached hydrogens (tertiary/aromatic N) is 1. The molecule has 0 heterocycles. The summed E-state index contributed by atoms with van der Waals surface area (Å²) < 4.78 is 22.4. The number of carbonyl (C=O) groups excluding carboxylic acids is 1. The smallest absolute Gasteiger partial charge is 0.250 e. The van der Waals surface area contributed by atoms with Crippen LogP contribution in [0, 0.1) is 0 Å². The number of phenols is 2. The summed E-state index contributed by atoms with van der Waals surface area (Å²) in [4.78, 5) is 13.4. The van der Waals surface area contributed by atoms with Crippen molar-refractivity contribution in [3.8, 4) is 11.5 Å². The van der Waals surface area contributed by atoms with Crippen LogP contribution < -0.4 is 10.0 Å². The van der Waals surface area contributed by atoms with Crippen molar-refractivity contribution in [1.82, 2.24) is 0 Å². The van der Waals surface area contributed by atoms with Crippen LogP contribution in [0.2, 0.25) is 0 Å². The predicted molar refractivity (Wildman–Crippen MR) is 90.0 cm³/mol. The number of amides is 1. The normalized spacial score (nSPS) is 11.6. The number of aromatic hydroxyl groups is 2. The van der Waals surface area contributed by atoms with Crippen molar-refractivity contribution in [3.63, 3.8) is 0 Å². The van der Waals surface area contributed by atoms with E-state index < -0.39 is 10.0 Å². The molecular formula is C16H16N2O5S. The first kappa shape index (κ1) is 17.5. The molecule has 0 bridgehead atoms. The first-order valence-corrected chi connectivity index (χ1v) is 8.34. The minimum absolute atomic E-state index is 0.0396. The van der Waals surface area contributed by atoms with E-state index in [9.17, 15) is 23.4 Å². The summed E-state index contributed by atoms with van der Waals surface area (Å²) in [5, 5.41) is 23.7. The molecule has 0 aliphatic heterocycles. The van der Waals surface area contributed by atoms with E-state index in [0.29, 0.717) is 11.3 Å². The number of anilines is 1. The summed E-state index contributed by atoms with van der Waals surface area (Å²) in [7, 11) is -2.25. The molecule has 2 rings (SSSR count). The van der Waals surface area contributed by atoms with Crippen LogP contribution in [0.1, 0.15) is 5.56 Å². The van der Waals surface area contributed by atoms with Gasteiger partial charge in [-0.3, -0.25) is 4.79 Å². The van der Waals surface area contributed by atoms with Gasteiger partial charge < -0.3 is 15.1 Å². The molecule has 4 N–H and O–H groups in total. The van der Waals surface area contributed by atoms with Gasteiger partial charge in [-0.1, -0.05) is 6.07 Å². The van der Waals surface area contributed by atoms with Crippen LogP contribution in [-0.4, -0.2) is 31.6 Å². The average Bonchev–Trinajstić information content (AvgIpc) is 2.54. The van der Waals surface area contributed by atoms with Gasteiger partial charge in [0.1, 0.15) is 0 Å². The van der Waals surface area contributed by atoms with Gasteiger partial charge in [0, 0.05) is 18.8 Å². The quantitative estimate of drug-likeness (QED) is 0.570. The molecule has 0 fully saturated rings.